The van der Waals surface area contributed by atoms with E-state index in [2.05, 4.69) is 6.92 Å². The molecule has 0 unspecified atom stereocenters. The van der Waals surface area contributed by atoms with Crippen LogP contribution in [0.4, 0.5) is 34.1 Å². The first-order chi connectivity index (χ1) is 30.8. The number of aliphatic imine (C=N–C) groups is 2. The van der Waals surface area contributed by atoms with E-state index in [1.165, 1.54) is 46.9 Å². The Morgan fingerprint density at radius 1 is 0.531 bits per heavy atom. The van der Waals surface area contributed by atoms with E-state index in [9.17, 15) is 40.5 Å². The van der Waals surface area contributed by atoms with Crippen molar-refractivity contribution in [3.8, 4) is 0 Å². The highest BCUT2D eigenvalue weighted by Gasteiger charge is 2.34. The highest BCUT2D eigenvalue weighted by atomic mass is 32.2. The molecule has 0 aliphatic heterocycles. The molecular weight excluding hydrogens is 893 g/mol. The van der Waals surface area contributed by atoms with Crippen LogP contribution in [0.25, 0.3) is 21.5 Å². The minimum atomic E-state index is -0.688. The number of hydrogen-bond acceptors (Lipinski definition) is 14. The molecule has 0 N–H and O–H groups in total. The summed E-state index contributed by atoms with van der Waals surface area (Å²) in [6, 6.07) is 38.6. The summed E-state index contributed by atoms with van der Waals surface area (Å²) in [5.41, 5.74) is 0.450. The van der Waals surface area contributed by atoms with Gasteiger partial charge in [0.2, 0.25) is 0 Å². The largest absolute Gasteiger partial charge is 0.290 e. The van der Waals surface area contributed by atoms with Crippen LogP contribution in [-0.4, -0.2) is 32.1 Å². The molecule has 0 saturated carbocycles. The van der Waals surface area contributed by atoms with Gasteiger partial charge < -0.3 is 0 Å². The van der Waals surface area contributed by atoms with Gasteiger partial charge in [-0.1, -0.05) is 91.1 Å². The SMILES string of the molecule is CCC(C)(c1cc(C=Nc2ccc3ccccc3c2)c(Sc2ccc([N+](=O)[O-])cc2[N+](=O)[O-])s1)c1cc(C=Nc2ccc3ccccc3c2)c(Sc2ccc([N+](=O)[O-])cc2[N+](=O)[O-])s1. The fourth-order valence-electron chi connectivity index (χ4n) is 6.83. The molecule has 0 saturated heterocycles. The molecule has 0 aliphatic rings. The molecule has 0 fully saturated rings. The van der Waals surface area contributed by atoms with E-state index in [0.29, 0.717) is 37.3 Å². The second-order valence-corrected chi connectivity index (χ2v) is 19.2. The van der Waals surface area contributed by atoms with Gasteiger partial charge >= 0.3 is 0 Å². The molecule has 0 aliphatic carbocycles. The maximum atomic E-state index is 12.2. The first-order valence-corrected chi connectivity index (χ1v) is 22.6. The molecule has 0 amide bonds. The van der Waals surface area contributed by atoms with E-state index in [-0.39, 0.29) is 9.79 Å². The number of nitro groups is 4. The molecule has 318 valence electrons. The third-order valence-electron chi connectivity index (χ3n) is 10.5. The molecule has 2 aromatic heterocycles. The number of thiophene rings is 2. The van der Waals surface area contributed by atoms with Gasteiger partial charge in [0.05, 0.1) is 61.4 Å². The predicted molar refractivity (Wildman–Crippen MR) is 256 cm³/mol. The van der Waals surface area contributed by atoms with Crippen LogP contribution in [0.15, 0.2) is 162 Å². The van der Waals surface area contributed by atoms with E-state index in [0.717, 1.165) is 67.0 Å². The number of nitro benzene ring substituents is 4. The van der Waals surface area contributed by atoms with Gasteiger partial charge in [-0.05, 0) is 83.4 Å². The maximum Gasteiger partial charge on any atom is 0.290 e. The summed E-state index contributed by atoms with van der Waals surface area (Å²) >= 11 is 5.08. The monoisotopic (exact) mass is 924 g/mol. The van der Waals surface area contributed by atoms with Crippen LogP contribution < -0.4 is 0 Å². The highest BCUT2D eigenvalue weighted by Crippen LogP contribution is 2.51. The first kappa shape index (κ1) is 43.5. The van der Waals surface area contributed by atoms with Crippen LogP contribution in [-0.2, 0) is 5.41 Å². The molecule has 18 heteroatoms. The Kier molecular flexibility index (Phi) is 12.5. The first-order valence-electron chi connectivity index (χ1n) is 19.4. The fraction of sp³-hybridized carbons (Fsp3) is 0.0870. The third kappa shape index (κ3) is 9.16. The molecule has 2 heterocycles. The summed E-state index contributed by atoms with van der Waals surface area (Å²) in [5, 5.41) is 51.7. The maximum absolute atomic E-state index is 12.2. The highest BCUT2D eigenvalue weighted by molar-refractivity contribution is 8.01. The van der Waals surface area contributed by atoms with Crippen molar-refractivity contribution in [2.45, 2.75) is 43.9 Å². The Hall–Kier alpha value is -7.12. The van der Waals surface area contributed by atoms with E-state index in [1.807, 2.05) is 104 Å². The second-order valence-electron chi connectivity index (χ2n) is 14.5. The molecule has 8 rings (SSSR count). The summed E-state index contributed by atoms with van der Waals surface area (Å²) in [5.74, 6) is 0. The molecule has 0 spiro atoms. The van der Waals surface area contributed by atoms with Crippen molar-refractivity contribution >= 4 is 114 Å². The van der Waals surface area contributed by atoms with Crippen molar-refractivity contribution in [1.29, 1.82) is 0 Å². The number of benzene rings is 6. The predicted octanol–water partition coefficient (Wildman–Crippen LogP) is 14.3. The van der Waals surface area contributed by atoms with Crippen LogP contribution in [0, 0.1) is 40.5 Å². The zero-order valence-corrected chi connectivity index (χ0v) is 36.9. The normalized spacial score (nSPS) is 12.6. The van der Waals surface area contributed by atoms with Crippen LogP contribution in [0.3, 0.4) is 0 Å². The molecular formula is C46H32N6O8S4. The quantitative estimate of drug-likeness (QED) is 0.0541. The number of rotatable bonds is 15. The Labute approximate surface area is 380 Å². The van der Waals surface area contributed by atoms with Crippen LogP contribution in [0.2, 0.25) is 0 Å². The molecule has 0 bridgehead atoms. The van der Waals surface area contributed by atoms with Crippen LogP contribution in [0.5, 0.6) is 0 Å². The lowest BCUT2D eigenvalue weighted by Crippen LogP contribution is -2.19. The lowest BCUT2D eigenvalue weighted by atomic mass is 9.83. The van der Waals surface area contributed by atoms with Gasteiger partial charge in [-0.15, -0.1) is 22.7 Å². The van der Waals surface area contributed by atoms with Gasteiger partial charge in [0.25, 0.3) is 22.7 Å². The van der Waals surface area contributed by atoms with Gasteiger partial charge in [0, 0.05) is 50.9 Å². The standard InChI is InChI=1S/C46H32N6O8S4/c1-3-46(2,42-22-32(26-47-34-14-12-28-8-4-6-10-30(28)20-34)44(63-42)61-40-18-16-36(49(53)54)24-38(40)51(57)58)43-23-33(27-48-35-15-13-29-9-5-7-11-31(29)21-35)45(64-43)62-41-19-17-37(50(55)56)25-39(41)52(59)60/h4-27H,3H2,1-2H3. The number of non-ortho nitro benzene ring substituents is 2. The zero-order valence-electron chi connectivity index (χ0n) is 33.6. The Bertz CT molecular complexity index is 3030. The van der Waals surface area contributed by atoms with Gasteiger partial charge in [-0.25, -0.2) is 0 Å². The summed E-state index contributed by atoms with van der Waals surface area (Å²) < 4.78 is 1.34. The average molecular weight is 925 g/mol. The second kappa shape index (κ2) is 18.3. The van der Waals surface area contributed by atoms with Crippen molar-refractivity contribution in [3.63, 3.8) is 0 Å². The Balaban J connectivity index is 1.24. The third-order valence-corrected chi connectivity index (χ3v) is 15.9. The molecule has 0 radical (unpaired) electrons. The topological polar surface area (TPSA) is 197 Å². The van der Waals surface area contributed by atoms with Crippen molar-refractivity contribution in [2.75, 3.05) is 0 Å². The van der Waals surface area contributed by atoms with E-state index >= 15 is 0 Å². The molecule has 64 heavy (non-hydrogen) atoms. The summed E-state index contributed by atoms with van der Waals surface area (Å²) in [6.07, 6.45) is 4.01. The summed E-state index contributed by atoms with van der Waals surface area (Å²) in [4.78, 5) is 56.8. The number of hydrogen-bond donors (Lipinski definition) is 0. The molecule has 0 atom stereocenters. The minimum absolute atomic E-state index is 0.217. The van der Waals surface area contributed by atoms with Gasteiger partial charge in [0.1, 0.15) is 0 Å². The van der Waals surface area contributed by atoms with Crippen molar-refractivity contribution in [3.05, 3.63) is 195 Å². The summed E-state index contributed by atoms with van der Waals surface area (Å²) in [7, 11) is 0. The zero-order chi connectivity index (χ0) is 45.1. The van der Waals surface area contributed by atoms with Crippen LogP contribution >= 0.6 is 46.2 Å². The van der Waals surface area contributed by atoms with E-state index < -0.39 is 47.9 Å². The molecule has 6 aromatic carbocycles. The Morgan fingerprint density at radius 3 is 1.31 bits per heavy atom. The average Bonchev–Trinajstić information content (AvgIpc) is 3.91. The lowest BCUT2D eigenvalue weighted by molar-refractivity contribution is -0.396. The van der Waals surface area contributed by atoms with E-state index in [4.69, 9.17) is 9.98 Å². The van der Waals surface area contributed by atoms with Crippen molar-refractivity contribution in [2.24, 2.45) is 9.98 Å². The number of fused-ring (bicyclic) bond motifs is 2. The van der Waals surface area contributed by atoms with Crippen molar-refractivity contribution in [1.82, 2.24) is 0 Å². The molecule has 14 nitrogen and oxygen atoms in total. The van der Waals surface area contributed by atoms with Gasteiger partial charge in [-0.3, -0.25) is 50.4 Å². The minimum Gasteiger partial charge on any atom is -0.258 e. The van der Waals surface area contributed by atoms with Gasteiger partial charge in [0.15, 0.2) is 0 Å². The fourth-order valence-corrected chi connectivity index (χ4v) is 12.1. The lowest BCUT2D eigenvalue weighted by Gasteiger charge is -2.25. The van der Waals surface area contributed by atoms with Crippen molar-refractivity contribution < 1.29 is 19.7 Å². The van der Waals surface area contributed by atoms with E-state index in [1.54, 1.807) is 12.4 Å². The Morgan fingerprint density at radius 2 is 0.938 bits per heavy atom. The van der Waals surface area contributed by atoms with Gasteiger partial charge in [-0.2, -0.15) is 0 Å². The van der Waals surface area contributed by atoms with Crippen LogP contribution in [0.1, 0.15) is 41.1 Å². The molecule has 8 aromatic rings. The number of nitrogens with zero attached hydrogens (tertiary/aromatic N) is 6. The summed E-state index contributed by atoms with van der Waals surface area (Å²) in [6.45, 7) is 4.11. The smallest absolute Gasteiger partial charge is 0.258 e.